The van der Waals surface area contributed by atoms with Gasteiger partial charge in [-0.25, -0.2) is 4.79 Å². The lowest BCUT2D eigenvalue weighted by Crippen LogP contribution is -2.36. The monoisotopic (exact) mass is 398 g/mol. The molecular weight excluding hydrogens is 368 g/mol. The molecule has 0 aliphatic carbocycles. The van der Waals surface area contributed by atoms with E-state index >= 15 is 0 Å². The van der Waals surface area contributed by atoms with E-state index < -0.39 is 5.60 Å². The highest BCUT2D eigenvalue weighted by atomic mass is 16.6. The number of nitrogens with zero attached hydrogens (tertiary/aromatic N) is 4. The summed E-state index contributed by atoms with van der Waals surface area (Å²) in [6, 6.07) is 6.21. The van der Waals surface area contributed by atoms with Crippen LogP contribution in [0.1, 0.15) is 39.7 Å². The van der Waals surface area contributed by atoms with E-state index in [2.05, 4.69) is 11.2 Å². The molecule has 7 heteroatoms. The van der Waals surface area contributed by atoms with E-state index in [9.17, 15) is 9.59 Å². The molecule has 1 aromatic heterocycles. The second-order valence-electron chi connectivity index (χ2n) is 8.51. The summed E-state index contributed by atoms with van der Waals surface area (Å²) >= 11 is 0. The summed E-state index contributed by atoms with van der Waals surface area (Å²) in [5, 5.41) is 4.43. The number of aryl methyl sites for hydroxylation is 1. The van der Waals surface area contributed by atoms with Crippen molar-refractivity contribution in [2.45, 2.75) is 52.7 Å². The number of anilines is 1. The Morgan fingerprint density at radius 3 is 2.69 bits per heavy atom. The zero-order valence-corrected chi connectivity index (χ0v) is 17.9. The van der Waals surface area contributed by atoms with Crippen LogP contribution < -0.4 is 4.90 Å². The topological polar surface area (TPSA) is 67.7 Å². The van der Waals surface area contributed by atoms with Crippen LogP contribution in [0.4, 0.5) is 10.5 Å². The number of amides is 2. The Balaban J connectivity index is 1.66. The van der Waals surface area contributed by atoms with Crippen molar-refractivity contribution in [3.05, 3.63) is 36.2 Å². The highest BCUT2D eigenvalue weighted by Crippen LogP contribution is 2.31. The lowest BCUT2D eigenvalue weighted by molar-refractivity contribution is -0.116. The third-order valence-electron chi connectivity index (χ3n) is 4.91. The largest absolute Gasteiger partial charge is 0.444 e. The molecule has 0 spiro atoms. The number of benzene rings is 1. The molecule has 0 radical (unpaired) electrons. The van der Waals surface area contributed by atoms with E-state index in [1.807, 2.05) is 54.9 Å². The molecule has 7 nitrogen and oxygen atoms in total. The number of ether oxygens (including phenoxy) is 1. The fraction of sp³-hybridized carbons (Fsp3) is 0.500. The Bertz CT molecular complexity index is 898. The lowest BCUT2D eigenvalue weighted by atomic mass is 9.97. The molecule has 0 atom stereocenters. The van der Waals surface area contributed by atoms with E-state index in [0.29, 0.717) is 13.1 Å². The Hall–Kier alpha value is -2.83. The molecule has 2 heterocycles. The number of carbonyl (C=O) groups excluding carboxylic acids is 2. The number of rotatable bonds is 4. The van der Waals surface area contributed by atoms with Gasteiger partial charge in [0, 0.05) is 44.5 Å². The summed E-state index contributed by atoms with van der Waals surface area (Å²) < 4.78 is 7.20. The van der Waals surface area contributed by atoms with E-state index in [1.54, 1.807) is 18.9 Å². The van der Waals surface area contributed by atoms with Gasteiger partial charge >= 0.3 is 6.09 Å². The number of likely N-dealkylation sites (N-methyl/N-ethyl adjacent to an activating group) is 1. The van der Waals surface area contributed by atoms with Crippen LogP contribution in [-0.4, -0.2) is 52.4 Å². The van der Waals surface area contributed by atoms with Crippen LogP contribution in [0.5, 0.6) is 0 Å². The maximum atomic E-state index is 12.1. The summed E-state index contributed by atoms with van der Waals surface area (Å²) in [6.45, 7) is 9.05. The van der Waals surface area contributed by atoms with Crippen molar-refractivity contribution in [1.29, 1.82) is 0 Å². The number of fused-ring (bicyclic) bond motifs is 1. The molecule has 0 N–H and O–H groups in total. The van der Waals surface area contributed by atoms with Gasteiger partial charge in [0.15, 0.2) is 0 Å². The summed E-state index contributed by atoms with van der Waals surface area (Å²) in [5.41, 5.74) is 3.81. The minimum absolute atomic E-state index is 0.0839. The average molecular weight is 399 g/mol. The summed E-state index contributed by atoms with van der Waals surface area (Å²) in [7, 11) is 1.72. The molecule has 1 aromatic carbocycles. The summed E-state index contributed by atoms with van der Waals surface area (Å²) in [5.74, 6) is 0.0839. The first-order chi connectivity index (χ1) is 13.6. The number of hydrogen-bond donors (Lipinski definition) is 0. The second kappa shape index (κ2) is 8.27. The van der Waals surface area contributed by atoms with Crippen LogP contribution in [0.3, 0.4) is 0 Å². The van der Waals surface area contributed by atoms with Crippen molar-refractivity contribution in [2.24, 2.45) is 0 Å². The van der Waals surface area contributed by atoms with Gasteiger partial charge in [-0.05, 0) is 56.9 Å². The third-order valence-corrected chi connectivity index (χ3v) is 4.91. The van der Waals surface area contributed by atoms with Gasteiger partial charge in [-0.15, -0.1) is 0 Å². The molecule has 0 saturated heterocycles. The molecule has 0 saturated carbocycles. The minimum Gasteiger partial charge on any atom is -0.444 e. The second-order valence-corrected chi connectivity index (χ2v) is 8.51. The van der Waals surface area contributed by atoms with Crippen molar-refractivity contribution >= 4 is 17.7 Å². The van der Waals surface area contributed by atoms with Gasteiger partial charge < -0.3 is 14.5 Å². The highest BCUT2D eigenvalue weighted by Gasteiger charge is 2.21. The molecule has 0 unspecified atom stereocenters. The predicted octanol–water partition coefficient (Wildman–Crippen LogP) is 3.72. The van der Waals surface area contributed by atoms with Crippen LogP contribution >= 0.6 is 0 Å². The Morgan fingerprint density at radius 1 is 1.24 bits per heavy atom. The number of hydrogen-bond acceptors (Lipinski definition) is 4. The van der Waals surface area contributed by atoms with Gasteiger partial charge in [0.2, 0.25) is 5.91 Å². The van der Waals surface area contributed by atoms with E-state index in [0.717, 1.165) is 36.2 Å². The minimum atomic E-state index is -0.505. The Kier molecular flexibility index (Phi) is 5.96. The summed E-state index contributed by atoms with van der Waals surface area (Å²) in [6.07, 6.45) is 5.43. The van der Waals surface area contributed by atoms with E-state index in [-0.39, 0.29) is 12.0 Å². The van der Waals surface area contributed by atoms with Crippen molar-refractivity contribution in [1.82, 2.24) is 14.7 Å². The van der Waals surface area contributed by atoms with Gasteiger partial charge in [0.25, 0.3) is 0 Å². The fourth-order valence-corrected chi connectivity index (χ4v) is 3.42. The number of carbonyl (C=O) groups is 2. The van der Waals surface area contributed by atoms with Gasteiger partial charge in [-0.3, -0.25) is 9.48 Å². The van der Waals surface area contributed by atoms with Crippen molar-refractivity contribution in [3.63, 3.8) is 0 Å². The van der Waals surface area contributed by atoms with Crippen molar-refractivity contribution in [2.75, 3.05) is 25.0 Å². The van der Waals surface area contributed by atoms with Crippen LogP contribution in [0.15, 0.2) is 30.6 Å². The molecular formula is C22H30N4O3. The molecule has 1 aliphatic rings. The smallest absolute Gasteiger partial charge is 0.410 e. The fourth-order valence-electron chi connectivity index (χ4n) is 3.42. The first kappa shape index (κ1) is 20.9. The van der Waals surface area contributed by atoms with Gasteiger partial charge in [-0.1, -0.05) is 6.07 Å². The number of aromatic nitrogens is 2. The van der Waals surface area contributed by atoms with Crippen molar-refractivity contribution in [3.8, 4) is 11.1 Å². The van der Waals surface area contributed by atoms with Crippen LogP contribution in [0, 0.1) is 0 Å². The lowest BCUT2D eigenvalue weighted by Gasteiger charge is -2.28. The normalized spacial score (nSPS) is 13.8. The van der Waals surface area contributed by atoms with Crippen LogP contribution in [0.2, 0.25) is 0 Å². The zero-order valence-electron chi connectivity index (χ0n) is 17.9. The predicted molar refractivity (Wildman–Crippen MR) is 113 cm³/mol. The molecule has 2 aromatic rings. The standard InChI is InChI=1S/C22H30N4O3/c1-16(27)26-10-6-7-18-13-17(8-9-20(18)26)19-14-23-25(15-19)12-11-24(5)21(28)29-22(2,3)4/h8-9,13-15H,6-7,10-12H2,1-5H3. The summed E-state index contributed by atoms with van der Waals surface area (Å²) in [4.78, 5) is 27.3. The first-order valence-electron chi connectivity index (χ1n) is 10.0. The quantitative estimate of drug-likeness (QED) is 0.787. The van der Waals surface area contributed by atoms with Crippen LogP contribution in [-0.2, 0) is 22.5 Å². The van der Waals surface area contributed by atoms with Crippen LogP contribution in [0.25, 0.3) is 11.1 Å². The highest BCUT2D eigenvalue weighted by molar-refractivity contribution is 5.93. The van der Waals surface area contributed by atoms with Crippen molar-refractivity contribution < 1.29 is 14.3 Å². The Morgan fingerprint density at radius 2 is 2.00 bits per heavy atom. The van der Waals surface area contributed by atoms with E-state index in [1.165, 1.54) is 5.56 Å². The first-order valence-corrected chi connectivity index (χ1v) is 10.0. The maximum Gasteiger partial charge on any atom is 0.410 e. The van der Waals surface area contributed by atoms with E-state index in [4.69, 9.17) is 4.74 Å². The molecule has 3 rings (SSSR count). The molecule has 0 fully saturated rings. The zero-order chi connectivity index (χ0) is 21.2. The Labute approximate surface area is 172 Å². The van der Waals surface area contributed by atoms with Gasteiger partial charge in [0.05, 0.1) is 12.7 Å². The molecule has 0 bridgehead atoms. The SMILES string of the molecule is CC(=O)N1CCCc2cc(-c3cnn(CCN(C)C(=O)OC(C)(C)C)c3)ccc21. The average Bonchev–Trinajstić information content (AvgIpc) is 3.12. The molecule has 156 valence electrons. The third kappa shape index (κ3) is 5.16. The molecule has 29 heavy (non-hydrogen) atoms. The maximum absolute atomic E-state index is 12.1. The van der Waals surface area contributed by atoms with Gasteiger partial charge in [-0.2, -0.15) is 5.10 Å². The molecule has 2 amide bonds. The van der Waals surface area contributed by atoms with Gasteiger partial charge in [0.1, 0.15) is 5.60 Å². The molecule has 1 aliphatic heterocycles.